The summed E-state index contributed by atoms with van der Waals surface area (Å²) in [6.07, 6.45) is 0. The van der Waals surface area contributed by atoms with Gasteiger partial charge in [0.15, 0.2) is 17.5 Å². The molecule has 0 unspecified atom stereocenters. The van der Waals surface area contributed by atoms with Crippen molar-refractivity contribution in [2.24, 2.45) is 0 Å². The minimum absolute atomic E-state index is 0.370. The Morgan fingerprint density at radius 3 is 1.11 bits per heavy atom. The van der Waals surface area contributed by atoms with Crippen molar-refractivity contribution >= 4 is 100 Å². The lowest BCUT2D eigenvalue weighted by molar-refractivity contribution is 0.00578. The second kappa shape index (κ2) is 19.6. The lowest BCUT2D eigenvalue weighted by Gasteiger charge is -2.32. The van der Waals surface area contributed by atoms with Gasteiger partial charge in [-0.15, -0.1) is 0 Å². The number of furan rings is 4. The fourth-order valence-corrected chi connectivity index (χ4v) is 11.8. The van der Waals surface area contributed by atoms with Crippen molar-refractivity contribution in [2.45, 2.75) is 38.9 Å². The molecule has 1 aliphatic rings. The molecule has 0 saturated carbocycles. The third-order valence-corrected chi connectivity index (χ3v) is 17.1. The molecule has 10 heteroatoms. The molecule has 0 atom stereocenters. The summed E-state index contributed by atoms with van der Waals surface area (Å²) in [6.45, 7) is 8.27. The molecule has 5 aromatic heterocycles. The van der Waals surface area contributed by atoms with Crippen LogP contribution in [-0.4, -0.2) is 33.3 Å². The van der Waals surface area contributed by atoms with Crippen LogP contribution in [0.15, 0.2) is 260 Å². The SMILES string of the molecule is CC1(C)OB(c2ccc3oc4cc5c(cc4c3c2)oc2ccccc25)OC1(C)C.c1ccc(-c2ccc(-c3nc(-c4ccccc4)nc(-c4cccc(-c5cccc(-c6ccc7oc8cc9c(cc8c7c6)oc6ccccc69)c5)c4)n3)cc2)cc1. The van der Waals surface area contributed by atoms with Crippen LogP contribution < -0.4 is 5.46 Å². The highest BCUT2D eigenvalue weighted by Crippen LogP contribution is 2.42. The number of para-hydroxylation sites is 2. The number of aromatic nitrogens is 3. The fraction of sp³-hybridized carbons (Fsp3) is 0.0800. The van der Waals surface area contributed by atoms with Gasteiger partial charge in [0.1, 0.15) is 44.7 Å². The molecule has 0 N–H and O–H groups in total. The first-order valence-electron chi connectivity index (χ1n) is 28.6. The zero-order valence-electron chi connectivity index (χ0n) is 47.0. The van der Waals surface area contributed by atoms with Crippen molar-refractivity contribution in [3.63, 3.8) is 0 Å². The van der Waals surface area contributed by atoms with E-state index in [1.807, 2.05) is 84.9 Å². The molecule has 406 valence electrons. The number of nitrogens with zero attached hydrogens (tertiary/aromatic N) is 3. The van der Waals surface area contributed by atoms with Gasteiger partial charge in [0.25, 0.3) is 0 Å². The van der Waals surface area contributed by atoms with Crippen LogP contribution >= 0.6 is 0 Å². The van der Waals surface area contributed by atoms with Crippen molar-refractivity contribution in [3.05, 3.63) is 243 Å². The predicted octanol–water partition coefficient (Wildman–Crippen LogP) is 19.5. The molecule has 0 radical (unpaired) electrons. The molecule has 85 heavy (non-hydrogen) atoms. The van der Waals surface area contributed by atoms with Gasteiger partial charge in [0, 0.05) is 59.8 Å². The van der Waals surface area contributed by atoms with Crippen LogP contribution in [0.25, 0.3) is 155 Å². The molecule has 0 amide bonds. The van der Waals surface area contributed by atoms with Crippen molar-refractivity contribution < 1.29 is 27.0 Å². The average Bonchev–Trinajstić information content (AvgIpc) is 1.91. The Labute approximate surface area is 488 Å². The molecule has 1 saturated heterocycles. The van der Waals surface area contributed by atoms with E-state index in [9.17, 15) is 0 Å². The summed E-state index contributed by atoms with van der Waals surface area (Å²) in [5.74, 6) is 1.88. The van der Waals surface area contributed by atoms with E-state index in [0.29, 0.717) is 17.5 Å². The molecule has 1 fully saturated rings. The largest absolute Gasteiger partial charge is 0.494 e. The van der Waals surface area contributed by atoms with Crippen LogP contribution in [0.5, 0.6) is 0 Å². The Kier molecular flexibility index (Phi) is 11.6. The highest BCUT2D eigenvalue weighted by atomic mass is 16.7. The lowest BCUT2D eigenvalue weighted by atomic mass is 9.78. The summed E-state index contributed by atoms with van der Waals surface area (Å²) < 4.78 is 37.3. The highest BCUT2D eigenvalue weighted by molar-refractivity contribution is 6.62. The summed E-state index contributed by atoms with van der Waals surface area (Å²) in [5, 5.41) is 8.48. The van der Waals surface area contributed by atoms with Crippen LogP contribution in [-0.2, 0) is 9.31 Å². The first-order chi connectivity index (χ1) is 41.5. The molecular weight excluding hydrogens is 1050 g/mol. The van der Waals surface area contributed by atoms with E-state index in [1.165, 1.54) is 5.56 Å². The number of hydrogen-bond donors (Lipinski definition) is 0. The van der Waals surface area contributed by atoms with Crippen LogP contribution in [0.1, 0.15) is 27.7 Å². The Bertz CT molecular complexity index is 5260. The molecular formula is C75H52BN3O6. The summed E-state index contributed by atoms with van der Waals surface area (Å²) in [5.41, 5.74) is 16.6. The topological polar surface area (TPSA) is 110 Å². The van der Waals surface area contributed by atoms with E-state index in [1.54, 1.807) is 0 Å². The monoisotopic (exact) mass is 1100 g/mol. The van der Waals surface area contributed by atoms with Crippen LogP contribution in [0.3, 0.4) is 0 Å². The van der Waals surface area contributed by atoms with E-state index in [-0.39, 0.29) is 11.2 Å². The summed E-state index contributed by atoms with van der Waals surface area (Å²) in [7, 11) is -0.399. The Hall–Kier alpha value is -10.4. The molecule has 17 rings (SSSR count). The number of fused-ring (bicyclic) bond motifs is 12. The fourth-order valence-electron chi connectivity index (χ4n) is 11.8. The first kappa shape index (κ1) is 50.3. The van der Waals surface area contributed by atoms with E-state index in [2.05, 4.69) is 185 Å². The van der Waals surface area contributed by atoms with Crippen LogP contribution in [0, 0.1) is 0 Å². The minimum Gasteiger partial charge on any atom is -0.456 e. The molecule has 0 bridgehead atoms. The molecule has 0 aliphatic carbocycles. The van der Waals surface area contributed by atoms with Crippen LogP contribution in [0.4, 0.5) is 0 Å². The zero-order valence-corrected chi connectivity index (χ0v) is 47.0. The normalized spacial score (nSPS) is 14.0. The zero-order chi connectivity index (χ0) is 57.0. The smallest absolute Gasteiger partial charge is 0.456 e. The summed E-state index contributed by atoms with van der Waals surface area (Å²) >= 11 is 0. The van der Waals surface area contributed by atoms with E-state index in [0.717, 1.165) is 138 Å². The molecule has 1 aliphatic heterocycles. The van der Waals surface area contributed by atoms with Gasteiger partial charge in [-0.2, -0.15) is 0 Å². The third kappa shape index (κ3) is 8.84. The average molecular weight is 1100 g/mol. The van der Waals surface area contributed by atoms with Gasteiger partial charge in [-0.05, 0) is 133 Å². The van der Waals surface area contributed by atoms with Gasteiger partial charge in [0.2, 0.25) is 0 Å². The predicted molar refractivity (Wildman–Crippen MR) is 344 cm³/mol. The first-order valence-corrected chi connectivity index (χ1v) is 28.6. The van der Waals surface area contributed by atoms with Gasteiger partial charge in [-0.25, -0.2) is 15.0 Å². The molecule has 9 nitrogen and oxygen atoms in total. The maximum atomic E-state index is 6.36. The number of rotatable bonds is 7. The standard InChI is InChI=1S/C51H31N3O2.C24H21BO4/c1-3-11-32(12-4-1)33-21-23-35(24-22-33)50-52-49(34-13-5-2-6-14-34)53-51(54-50)40-18-10-17-38(28-40)36-15-9-16-37(27-36)39-25-26-46-42(29-39)44-31-47-43(30-48(44)56-46)41-19-7-8-20-45(41)55-47;1-23(2)24(3,4)29-25(28-23)14-9-10-20-16(11-14)18-13-21-17(12-22(18)27-20)15-7-5-6-8-19(15)26-21/h1-31H;5-13H,1-4H3. The van der Waals surface area contributed by atoms with Crippen molar-refractivity contribution in [2.75, 3.05) is 0 Å². The van der Waals surface area contributed by atoms with Gasteiger partial charge < -0.3 is 27.0 Å². The van der Waals surface area contributed by atoms with E-state index < -0.39 is 7.12 Å². The molecule has 6 heterocycles. The summed E-state index contributed by atoms with van der Waals surface area (Å²) in [4.78, 5) is 15.0. The molecule has 0 spiro atoms. The lowest BCUT2D eigenvalue weighted by Crippen LogP contribution is -2.41. The van der Waals surface area contributed by atoms with Crippen molar-refractivity contribution in [1.82, 2.24) is 15.0 Å². The van der Waals surface area contributed by atoms with Gasteiger partial charge >= 0.3 is 7.12 Å². The minimum atomic E-state index is -0.399. The second-order valence-electron chi connectivity index (χ2n) is 22.9. The number of benzene rings is 11. The van der Waals surface area contributed by atoms with Crippen molar-refractivity contribution in [3.8, 4) is 67.5 Å². The Balaban J connectivity index is 0.000000170. The number of hydrogen-bond acceptors (Lipinski definition) is 9. The Morgan fingerprint density at radius 1 is 0.247 bits per heavy atom. The van der Waals surface area contributed by atoms with E-state index in [4.69, 9.17) is 41.9 Å². The maximum absolute atomic E-state index is 6.36. The maximum Gasteiger partial charge on any atom is 0.494 e. The van der Waals surface area contributed by atoms with Crippen LogP contribution in [0.2, 0.25) is 0 Å². The molecule has 16 aromatic rings. The van der Waals surface area contributed by atoms with E-state index >= 15 is 0 Å². The van der Waals surface area contributed by atoms with Gasteiger partial charge in [-0.1, -0.05) is 176 Å². The second-order valence-corrected chi connectivity index (χ2v) is 22.9. The summed E-state index contributed by atoms with van der Waals surface area (Å²) in [6, 6.07) is 83.1. The van der Waals surface area contributed by atoms with Gasteiger partial charge in [0.05, 0.1) is 11.2 Å². The Morgan fingerprint density at radius 2 is 0.576 bits per heavy atom. The molecule has 11 aromatic carbocycles. The quantitative estimate of drug-likeness (QED) is 0.144. The van der Waals surface area contributed by atoms with Gasteiger partial charge in [-0.3, -0.25) is 0 Å². The van der Waals surface area contributed by atoms with Crippen molar-refractivity contribution in [1.29, 1.82) is 0 Å². The highest BCUT2D eigenvalue weighted by Gasteiger charge is 2.51. The third-order valence-electron chi connectivity index (χ3n) is 17.1.